The van der Waals surface area contributed by atoms with E-state index < -0.39 is 5.97 Å². The van der Waals surface area contributed by atoms with Crippen molar-refractivity contribution in [2.75, 3.05) is 31.6 Å². The van der Waals surface area contributed by atoms with E-state index in [4.69, 9.17) is 14.7 Å². The smallest absolute Gasteiger partial charge is 0.340 e. The first kappa shape index (κ1) is 20.7. The number of esters is 1. The van der Waals surface area contributed by atoms with Gasteiger partial charge in [0, 0.05) is 19.7 Å². The van der Waals surface area contributed by atoms with Gasteiger partial charge in [-0.3, -0.25) is 0 Å². The van der Waals surface area contributed by atoms with Gasteiger partial charge in [-0.1, -0.05) is 25.5 Å². The Balaban J connectivity index is 2.04. The van der Waals surface area contributed by atoms with Crippen molar-refractivity contribution in [3.05, 3.63) is 29.8 Å². The number of nitriles is 1. The van der Waals surface area contributed by atoms with Crippen LogP contribution in [0.1, 0.15) is 49.4 Å². The van der Waals surface area contributed by atoms with Crippen molar-refractivity contribution in [3.8, 4) is 6.07 Å². The van der Waals surface area contributed by atoms with Crippen LogP contribution < -0.4 is 5.32 Å². The number of amides is 2. The second-order valence-electron chi connectivity index (χ2n) is 6.45. The summed E-state index contributed by atoms with van der Waals surface area (Å²) in [6, 6.07) is 8.49. The van der Waals surface area contributed by atoms with Crippen molar-refractivity contribution < 1.29 is 19.1 Å². The number of hydrogen-bond acceptors (Lipinski definition) is 5. The highest BCUT2D eigenvalue weighted by Gasteiger charge is 2.23. The summed E-state index contributed by atoms with van der Waals surface area (Å²) in [4.78, 5) is 26.6. The molecule has 0 bridgehead atoms. The highest BCUT2D eigenvalue weighted by Crippen LogP contribution is 2.19. The molecule has 2 rings (SSSR count). The Morgan fingerprint density at radius 1 is 1.41 bits per heavy atom. The first-order chi connectivity index (χ1) is 13.2. The van der Waals surface area contributed by atoms with Gasteiger partial charge in [0.25, 0.3) is 0 Å². The Morgan fingerprint density at radius 2 is 2.22 bits per heavy atom. The molecular weight excluding hydrogens is 346 g/mol. The quantitative estimate of drug-likeness (QED) is 0.528. The van der Waals surface area contributed by atoms with Crippen molar-refractivity contribution >= 4 is 17.7 Å². The fourth-order valence-corrected chi connectivity index (χ4v) is 2.85. The maximum Gasteiger partial charge on any atom is 0.340 e. The number of carbonyl (C=O) groups excluding carboxylic acids is 2. The fourth-order valence-electron chi connectivity index (χ4n) is 2.85. The summed E-state index contributed by atoms with van der Waals surface area (Å²) in [7, 11) is 0. The molecule has 1 unspecified atom stereocenters. The third-order valence-electron chi connectivity index (χ3n) is 4.35. The van der Waals surface area contributed by atoms with Crippen LogP contribution in [0.4, 0.5) is 10.5 Å². The zero-order valence-electron chi connectivity index (χ0n) is 15.8. The third-order valence-corrected chi connectivity index (χ3v) is 4.35. The van der Waals surface area contributed by atoms with Crippen molar-refractivity contribution in [2.24, 2.45) is 0 Å². The van der Waals surface area contributed by atoms with E-state index in [9.17, 15) is 9.59 Å². The number of carbonyl (C=O) groups is 2. The van der Waals surface area contributed by atoms with Gasteiger partial charge >= 0.3 is 12.0 Å². The molecule has 1 saturated heterocycles. The Kier molecular flexibility index (Phi) is 8.59. The molecule has 1 aromatic rings. The number of nitrogens with one attached hydrogen (secondary N) is 1. The summed E-state index contributed by atoms with van der Waals surface area (Å²) in [6.45, 7) is 3.81. The van der Waals surface area contributed by atoms with Gasteiger partial charge in [-0.15, -0.1) is 0 Å². The minimum absolute atomic E-state index is 0.0105. The van der Waals surface area contributed by atoms with E-state index in [-0.39, 0.29) is 18.6 Å². The summed E-state index contributed by atoms with van der Waals surface area (Å²) < 4.78 is 10.9. The second kappa shape index (κ2) is 11.2. The van der Waals surface area contributed by atoms with Crippen molar-refractivity contribution in [2.45, 2.75) is 45.1 Å². The number of nitrogens with zero attached hydrogens (tertiary/aromatic N) is 2. The molecule has 7 nitrogen and oxygen atoms in total. The molecule has 0 aromatic heterocycles. The van der Waals surface area contributed by atoms with Crippen LogP contribution in [0.25, 0.3) is 0 Å². The van der Waals surface area contributed by atoms with Crippen molar-refractivity contribution in [1.82, 2.24) is 4.90 Å². The SMILES string of the molecule is CCCCOC(=O)c1ccccc1NC(=O)N(CCC#N)CC1CCCO1. The number of para-hydroxylation sites is 1. The average molecular weight is 373 g/mol. The van der Waals surface area contributed by atoms with Gasteiger partial charge < -0.3 is 19.7 Å². The normalized spacial score (nSPS) is 15.8. The lowest BCUT2D eigenvalue weighted by Gasteiger charge is -2.25. The molecule has 1 aliphatic heterocycles. The number of anilines is 1. The molecule has 1 fully saturated rings. The second-order valence-corrected chi connectivity index (χ2v) is 6.45. The van der Waals surface area contributed by atoms with E-state index in [1.807, 2.05) is 6.92 Å². The molecule has 27 heavy (non-hydrogen) atoms. The summed E-state index contributed by atoms with van der Waals surface area (Å²) in [5.74, 6) is -0.456. The summed E-state index contributed by atoms with van der Waals surface area (Å²) in [5.41, 5.74) is 0.720. The van der Waals surface area contributed by atoms with Gasteiger partial charge in [-0.25, -0.2) is 9.59 Å². The van der Waals surface area contributed by atoms with Crippen LogP contribution >= 0.6 is 0 Å². The molecule has 2 amide bonds. The zero-order chi connectivity index (χ0) is 19.5. The minimum atomic E-state index is -0.456. The molecule has 146 valence electrons. The van der Waals surface area contributed by atoms with Gasteiger partial charge in [0.05, 0.1) is 36.5 Å². The topological polar surface area (TPSA) is 91.7 Å². The van der Waals surface area contributed by atoms with E-state index in [0.717, 1.165) is 25.7 Å². The number of ether oxygens (including phenoxy) is 2. The molecule has 1 N–H and O–H groups in total. The van der Waals surface area contributed by atoms with Crippen LogP contribution in [0.2, 0.25) is 0 Å². The van der Waals surface area contributed by atoms with Crippen LogP contribution in [-0.2, 0) is 9.47 Å². The fraction of sp³-hybridized carbons (Fsp3) is 0.550. The van der Waals surface area contributed by atoms with Gasteiger partial charge in [-0.2, -0.15) is 5.26 Å². The van der Waals surface area contributed by atoms with E-state index in [0.29, 0.717) is 37.6 Å². The summed E-state index contributed by atoms with van der Waals surface area (Å²) >= 11 is 0. The number of unbranched alkanes of at least 4 members (excludes halogenated alkanes) is 1. The monoisotopic (exact) mass is 373 g/mol. The van der Waals surface area contributed by atoms with E-state index >= 15 is 0 Å². The Morgan fingerprint density at radius 3 is 2.93 bits per heavy atom. The van der Waals surface area contributed by atoms with Gasteiger partial charge in [0.15, 0.2) is 0 Å². The lowest BCUT2D eigenvalue weighted by molar-refractivity contribution is 0.0501. The summed E-state index contributed by atoms with van der Waals surface area (Å²) in [6.07, 6.45) is 3.83. The van der Waals surface area contributed by atoms with Gasteiger partial charge in [0.1, 0.15) is 0 Å². The molecule has 1 atom stereocenters. The standard InChI is InChI=1S/C20H27N3O4/c1-2-3-13-27-19(24)17-9-4-5-10-18(17)22-20(25)23(12-7-11-21)15-16-8-6-14-26-16/h4-5,9-10,16H,2-3,6-8,12-15H2,1H3,(H,22,25). The highest BCUT2D eigenvalue weighted by atomic mass is 16.5. The predicted molar refractivity (Wildman–Crippen MR) is 101 cm³/mol. The molecule has 0 spiro atoms. The van der Waals surface area contributed by atoms with E-state index in [1.54, 1.807) is 29.2 Å². The maximum atomic E-state index is 12.7. The molecule has 1 aliphatic rings. The predicted octanol–water partition coefficient (Wildman–Crippen LogP) is 3.57. The average Bonchev–Trinajstić information content (AvgIpc) is 3.18. The van der Waals surface area contributed by atoms with Crippen molar-refractivity contribution in [1.29, 1.82) is 5.26 Å². The lowest BCUT2D eigenvalue weighted by Crippen LogP contribution is -2.41. The number of rotatable bonds is 9. The summed E-state index contributed by atoms with van der Waals surface area (Å²) in [5, 5.41) is 11.7. The Labute approximate surface area is 160 Å². The first-order valence-electron chi connectivity index (χ1n) is 9.46. The Bertz CT molecular complexity index is 665. The molecule has 0 aliphatic carbocycles. The van der Waals surface area contributed by atoms with E-state index in [1.165, 1.54) is 0 Å². The minimum Gasteiger partial charge on any atom is -0.462 e. The van der Waals surface area contributed by atoms with Crippen LogP contribution in [0.15, 0.2) is 24.3 Å². The van der Waals surface area contributed by atoms with E-state index in [2.05, 4.69) is 11.4 Å². The van der Waals surface area contributed by atoms with Crippen molar-refractivity contribution in [3.63, 3.8) is 0 Å². The molecule has 0 saturated carbocycles. The third kappa shape index (κ3) is 6.57. The lowest BCUT2D eigenvalue weighted by atomic mass is 10.2. The largest absolute Gasteiger partial charge is 0.462 e. The molecule has 0 radical (unpaired) electrons. The van der Waals surface area contributed by atoms with Crippen LogP contribution in [0.3, 0.4) is 0 Å². The Hall–Kier alpha value is -2.59. The zero-order valence-corrected chi connectivity index (χ0v) is 15.8. The highest BCUT2D eigenvalue weighted by molar-refractivity contribution is 6.00. The van der Waals surface area contributed by atoms with Gasteiger partial charge in [-0.05, 0) is 31.4 Å². The molecule has 7 heteroatoms. The number of hydrogen-bond donors (Lipinski definition) is 1. The maximum absolute atomic E-state index is 12.7. The van der Waals surface area contributed by atoms with Crippen LogP contribution in [0, 0.1) is 11.3 Å². The number of urea groups is 1. The van der Waals surface area contributed by atoms with Crippen LogP contribution in [-0.4, -0.2) is 49.3 Å². The molecule has 1 aromatic carbocycles. The number of benzene rings is 1. The molecular formula is C20H27N3O4. The van der Waals surface area contributed by atoms with Crippen LogP contribution in [0.5, 0.6) is 0 Å². The molecule has 1 heterocycles. The first-order valence-corrected chi connectivity index (χ1v) is 9.46. The van der Waals surface area contributed by atoms with Gasteiger partial charge in [0.2, 0.25) is 0 Å².